The minimum atomic E-state index is -3.46. The minimum absolute atomic E-state index is 0.140. The normalized spacial score (nSPS) is 16.4. The number of ether oxygens (including phenoxy) is 1. The number of sulfonamides is 1. The number of nitrogens with zero attached hydrogens (tertiary/aromatic N) is 2. The Morgan fingerprint density at radius 1 is 1.25 bits per heavy atom. The summed E-state index contributed by atoms with van der Waals surface area (Å²) in [4.78, 5) is 14.0. The maximum atomic E-state index is 12.2. The molecule has 0 unspecified atom stereocenters. The summed E-state index contributed by atoms with van der Waals surface area (Å²) in [5, 5.41) is 0. The van der Waals surface area contributed by atoms with Crippen molar-refractivity contribution in [2.75, 3.05) is 34.0 Å². The molecule has 20 heavy (non-hydrogen) atoms. The van der Waals surface area contributed by atoms with Crippen LogP contribution >= 0.6 is 0 Å². The summed E-state index contributed by atoms with van der Waals surface area (Å²) in [5.41, 5.74) is 0.466. The van der Waals surface area contributed by atoms with E-state index < -0.39 is 10.0 Å². The van der Waals surface area contributed by atoms with E-state index in [1.807, 2.05) is 0 Å². The summed E-state index contributed by atoms with van der Waals surface area (Å²) in [7, 11) is -0.517. The summed E-state index contributed by atoms with van der Waals surface area (Å²) in [6.45, 7) is 1.62. The largest absolute Gasteiger partial charge is 0.361 e. The second-order valence-electron chi connectivity index (χ2n) is 4.77. The Kier molecular flexibility index (Phi) is 4.42. The lowest BCUT2D eigenvalue weighted by Crippen LogP contribution is -2.38. The minimum Gasteiger partial charge on any atom is -0.361 e. The standard InChI is InChI=1S/C13H18N2O4S/c1-14(2)20(17,18)12-6-4-11(5-7-12)13(16)15-8-3-9-19-10-15/h4-7H,3,8-10H2,1-2H3. The first-order chi connectivity index (χ1) is 9.43. The van der Waals surface area contributed by atoms with Crippen LogP contribution in [-0.2, 0) is 14.8 Å². The number of hydrogen-bond donors (Lipinski definition) is 0. The summed E-state index contributed by atoms with van der Waals surface area (Å²) >= 11 is 0. The fraction of sp³-hybridized carbons (Fsp3) is 0.462. The molecule has 1 amide bonds. The van der Waals surface area contributed by atoms with E-state index in [9.17, 15) is 13.2 Å². The van der Waals surface area contributed by atoms with Gasteiger partial charge in [-0.2, -0.15) is 0 Å². The zero-order chi connectivity index (χ0) is 14.8. The second kappa shape index (κ2) is 5.90. The molecule has 1 aliphatic rings. The SMILES string of the molecule is CN(C)S(=O)(=O)c1ccc(C(=O)N2CCCOC2)cc1. The van der Waals surface area contributed by atoms with Crippen LogP contribution in [0.2, 0.25) is 0 Å². The molecule has 2 rings (SSSR count). The van der Waals surface area contributed by atoms with E-state index in [-0.39, 0.29) is 17.5 Å². The molecule has 1 saturated heterocycles. The van der Waals surface area contributed by atoms with E-state index in [1.54, 1.807) is 4.90 Å². The first kappa shape index (κ1) is 15.0. The van der Waals surface area contributed by atoms with Crippen molar-refractivity contribution in [2.24, 2.45) is 0 Å². The highest BCUT2D eigenvalue weighted by Gasteiger charge is 2.21. The smallest absolute Gasteiger partial charge is 0.255 e. The summed E-state index contributed by atoms with van der Waals surface area (Å²) in [6, 6.07) is 5.97. The average molecular weight is 298 g/mol. The molecule has 7 heteroatoms. The van der Waals surface area contributed by atoms with E-state index in [4.69, 9.17) is 4.74 Å². The molecule has 6 nitrogen and oxygen atoms in total. The Labute approximate surface area is 119 Å². The van der Waals surface area contributed by atoms with E-state index in [0.29, 0.717) is 18.7 Å². The highest BCUT2D eigenvalue weighted by molar-refractivity contribution is 7.89. The van der Waals surface area contributed by atoms with Crippen LogP contribution in [0, 0.1) is 0 Å². The second-order valence-corrected chi connectivity index (χ2v) is 6.92. The van der Waals surface area contributed by atoms with Gasteiger partial charge in [0.15, 0.2) is 0 Å². The Bertz CT molecular complexity index is 575. The molecule has 1 aromatic carbocycles. The van der Waals surface area contributed by atoms with Crippen molar-refractivity contribution >= 4 is 15.9 Å². The van der Waals surface area contributed by atoms with Gasteiger partial charge in [0.2, 0.25) is 10.0 Å². The quantitative estimate of drug-likeness (QED) is 0.826. The molecule has 0 bridgehead atoms. The van der Waals surface area contributed by atoms with Gasteiger partial charge in [0.1, 0.15) is 6.73 Å². The molecular formula is C13H18N2O4S. The van der Waals surface area contributed by atoms with Gasteiger partial charge in [-0.05, 0) is 30.7 Å². The third-order valence-electron chi connectivity index (χ3n) is 3.13. The lowest BCUT2D eigenvalue weighted by Gasteiger charge is -2.26. The first-order valence-corrected chi connectivity index (χ1v) is 7.76. The molecule has 1 fully saturated rings. The Balaban J connectivity index is 2.18. The van der Waals surface area contributed by atoms with Crippen LogP contribution in [0.4, 0.5) is 0 Å². The third-order valence-corrected chi connectivity index (χ3v) is 4.96. The molecule has 0 aliphatic carbocycles. The van der Waals surface area contributed by atoms with Crippen LogP contribution < -0.4 is 0 Å². The molecule has 0 N–H and O–H groups in total. The van der Waals surface area contributed by atoms with Gasteiger partial charge in [0.05, 0.1) is 11.5 Å². The maximum Gasteiger partial charge on any atom is 0.255 e. The Morgan fingerprint density at radius 3 is 2.40 bits per heavy atom. The van der Waals surface area contributed by atoms with Gasteiger partial charge in [-0.3, -0.25) is 4.79 Å². The van der Waals surface area contributed by atoms with Crippen molar-refractivity contribution < 1.29 is 17.9 Å². The van der Waals surface area contributed by atoms with Crippen LogP contribution in [0.1, 0.15) is 16.8 Å². The number of amides is 1. The summed E-state index contributed by atoms with van der Waals surface area (Å²) in [5.74, 6) is -0.140. The van der Waals surface area contributed by atoms with Crippen LogP contribution in [0.25, 0.3) is 0 Å². The highest BCUT2D eigenvalue weighted by atomic mass is 32.2. The number of rotatable bonds is 3. The van der Waals surface area contributed by atoms with Crippen LogP contribution in [0.15, 0.2) is 29.2 Å². The lowest BCUT2D eigenvalue weighted by molar-refractivity contribution is -0.00571. The van der Waals surface area contributed by atoms with Crippen LogP contribution in [0.3, 0.4) is 0 Å². The highest BCUT2D eigenvalue weighted by Crippen LogP contribution is 2.16. The molecule has 1 aliphatic heterocycles. The Hall–Kier alpha value is -1.44. The van der Waals surface area contributed by atoms with Crippen molar-refractivity contribution in [3.63, 3.8) is 0 Å². The van der Waals surface area contributed by atoms with E-state index in [1.165, 1.54) is 38.4 Å². The average Bonchev–Trinajstić information content (AvgIpc) is 2.47. The van der Waals surface area contributed by atoms with Gasteiger partial charge < -0.3 is 9.64 Å². The van der Waals surface area contributed by atoms with Gasteiger partial charge in [-0.1, -0.05) is 0 Å². The fourth-order valence-corrected chi connectivity index (χ4v) is 2.82. The van der Waals surface area contributed by atoms with Gasteiger partial charge in [-0.25, -0.2) is 12.7 Å². The van der Waals surface area contributed by atoms with Crippen molar-refractivity contribution in [1.82, 2.24) is 9.21 Å². The van der Waals surface area contributed by atoms with Crippen molar-refractivity contribution in [1.29, 1.82) is 0 Å². The molecule has 0 saturated carbocycles. The molecule has 1 aromatic rings. The van der Waals surface area contributed by atoms with E-state index in [2.05, 4.69) is 0 Å². The van der Waals surface area contributed by atoms with Crippen molar-refractivity contribution in [3.8, 4) is 0 Å². The zero-order valence-corrected chi connectivity index (χ0v) is 12.4. The molecule has 110 valence electrons. The maximum absolute atomic E-state index is 12.2. The first-order valence-electron chi connectivity index (χ1n) is 6.32. The summed E-state index contributed by atoms with van der Waals surface area (Å²) < 4.78 is 30.2. The summed E-state index contributed by atoms with van der Waals surface area (Å²) in [6.07, 6.45) is 0.818. The third kappa shape index (κ3) is 3.00. The molecular weight excluding hydrogens is 280 g/mol. The van der Waals surface area contributed by atoms with Gasteiger partial charge in [-0.15, -0.1) is 0 Å². The number of hydrogen-bond acceptors (Lipinski definition) is 4. The predicted molar refractivity (Wildman–Crippen MR) is 73.8 cm³/mol. The molecule has 1 heterocycles. The number of carbonyl (C=O) groups excluding carboxylic acids is 1. The molecule has 0 atom stereocenters. The van der Waals surface area contributed by atoms with Gasteiger partial charge in [0, 0.05) is 26.2 Å². The van der Waals surface area contributed by atoms with Crippen LogP contribution in [-0.4, -0.2) is 57.5 Å². The molecule has 0 spiro atoms. The number of benzene rings is 1. The van der Waals surface area contributed by atoms with E-state index >= 15 is 0 Å². The zero-order valence-electron chi connectivity index (χ0n) is 11.6. The van der Waals surface area contributed by atoms with Crippen LogP contribution in [0.5, 0.6) is 0 Å². The lowest BCUT2D eigenvalue weighted by atomic mass is 10.2. The van der Waals surface area contributed by atoms with Gasteiger partial charge >= 0.3 is 0 Å². The monoisotopic (exact) mass is 298 g/mol. The number of carbonyl (C=O) groups is 1. The predicted octanol–water partition coefficient (Wildman–Crippen LogP) is 0.757. The van der Waals surface area contributed by atoms with Crippen molar-refractivity contribution in [3.05, 3.63) is 29.8 Å². The van der Waals surface area contributed by atoms with Crippen molar-refractivity contribution in [2.45, 2.75) is 11.3 Å². The van der Waals surface area contributed by atoms with E-state index in [0.717, 1.165) is 10.7 Å². The van der Waals surface area contributed by atoms with Gasteiger partial charge in [0.25, 0.3) is 5.91 Å². The molecule has 0 aromatic heterocycles. The topological polar surface area (TPSA) is 66.9 Å². The Morgan fingerprint density at radius 2 is 1.90 bits per heavy atom. The molecule has 0 radical (unpaired) electrons. The fourth-order valence-electron chi connectivity index (χ4n) is 1.92.